The van der Waals surface area contributed by atoms with Crippen LogP contribution in [0.3, 0.4) is 0 Å². The first-order valence-electron chi connectivity index (χ1n) is 13.3. The average molecular weight is 626 g/mol. The second kappa shape index (κ2) is 13.3. The number of likely N-dealkylation sites (N-methyl/N-ethyl adjacent to an activating group) is 1. The Balaban J connectivity index is 0.000000603. The maximum atomic E-state index is 13.7. The highest BCUT2D eigenvalue weighted by Gasteiger charge is 2.64. The predicted octanol–water partition coefficient (Wildman–Crippen LogP) is 1.07. The number of aliphatic hydroxyl groups excluding tert-OH is 2. The number of hydrogen-bond donors (Lipinski definition) is 7. The van der Waals surface area contributed by atoms with Gasteiger partial charge in [-0.25, -0.2) is 0 Å². The van der Waals surface area contributed by atoms with Crippen molar-refractivity contribution in [3.63, 3.8) is 0 Å². The molecule has 0 unspecified atom stereocenters. The fraction of sp³-hybridized carbons (Fsp3) is 0.500. The van der Waals surface area contributed by atoms with Gasteiger partial charge in [-0.05, 0) is 69.2 Å². The van der Waals surface area contributed by atoms with E-state index in [1.807, 2.05) is 19.0 Å². The van der Waals surface area contributed by atoms with Crippen LogP contribution in [0.1, 0.15) is 37.3 Å². The average Bonchev–Trinajstić information content (AvgIpc) is 2.86. The number of fused-ring (bicyclic) bond motifs is 3. The molecule has 3 aliphatic carbocycles. The molecule has 9 N–H and O–H groups in total. The Hall–Kier alpha value is -3.39. The smallest absolute Gasteiger partial charge is 0.255 e. The molecule has 1 saturated carbocycles. The molecule has 0 aromatic heterocycles. The van der Waals surface area contributed by atoms with E-state index < -0.39 is 58.0 Å². The van der Waals surface area contributed by atoms with E-state index in [1.54, 1.807) is 20.2 Å². The Morgan fingerprint density at radius 1 is 1.14 bits per heavy atom. The van der Waals surface area contributed by atoms with E-state index in [1.165, 1.54) is 17.4 Å². The monoisotopic (exact) mass is 625 g/mol. The third-order valence-electron chi connectivity index (χ3n) is 7.89. The molecule has 3 aliphatic rings. The third kappa shape index (κ3) is 5.91. The van der Waals surface area contributed by atoms with Gasteiger partial charge in [-0.2, -0.15) is 0 Å². The standard InChI is InChI=1S/C23H27N3O7.C5H12N2S.ClH/c1-25(2)12-5-6-13(27)15-10(12)7-9-8-11-17(26(3)4)19(29)16(22(24)32)21(31)23(11,33)20(30)14(9)18(15)28;1-2-3-4-7-5(6)8;/h5-6,9,11,17,27-28,31,33H,7-8H2,1-4H3,(H2,24,32);2-4H2,1H3,(H3,6,7,8);1H/t9-,11-,17-,23-;;/m0../s1. The quantitative estimate of drug-likeness (QED) is 0.135. The Labute approximate surface area is 256 Å². The summed E-state index contributed by atoms with van der Waals surface area (Å²) in [6.45, 7) is 3.03. The first-order valence-corrected chi connectivity index (χ1v) is 13.7. The summed E-state index contributed by atoms with van der Waals surface area (Å²) in [5.74, 6) is -6.54. The number of aromatic hydroxyl groups is 1. The number of rotatable bonds is 6. The number of hydrogen-bond acceptors (Lipinski definition) is 10. The Morgan fingerprint density at radius 3 is 2.26 bits per heavy atom. The molecule has 0 spiro atoms. The van der Waals surface area contributed by atoms with Crippen LogP contribution in [0.4, 0.5) is 5.69 Å². The number of Topliss-reactive ketones (excluding diaryl/α,β-unsaturated/α-hetero) is 2. The first kappa shape index (κ1) is 34.8. The highest BCUT2D eigenvalue weighted by Crippen LogP contribution is 2.53. The number of phenols is 1. The van der Waals surface area contributed by atoms with Crippen LogP contribution in [0.15, 0.2) is 29.0 Å². The summed E-state index contributed by atoms with van der Waals surface area (Å²) in [4.78, 5) is 42.0. The molecule has 12 nitrogen and oxygen atoms in total. The normalized spacial score (nSPS) is 24.5. The molecule has 4 rings (SSSR count). The molecule has 1 aromatic rings. The maximum Gasteiger partial charge on any atom is 0.255 e. The number of halogens is 1. The van der Waals surface area contributed by atoms with Crippen LogP contribution in [-0.2, 0) is 20.8 Å². The molecule has 4 atom stereocenters. The summed E-state index contributed by atoms with van der Waals surface area (Å²) >= 11 is 4.58. The summed E-state index contributed by atoms with van der Waals surface area (Å²) in [6, 6.07) is 2.01. The first-order chi connectivity index (χ1) is 19.1. The molecule has 14 heteroatoms. The van der Waals surface area contributed by atoms with Gasteiger partial charge in [0.1, 0.15) is 22.8 Å². The van der Waals surface area contributed by atoms with Gasteiger partial charge >= 0.3 is 0 Å². The van der Waals surface area contributed by atoms with Gasteiger partial charge in [0, 0.05) is 37.8 Å². The maximum absolute atomic E-state index is 13.7. The number of anilines is 1. The van der Waals surface area contributed by atoms with Crippen LogP contribution in [0.25, 0.3) is 5.76 Å². The van der Waals surface area contributed by atoms with Gasteiger partial charge in [0.05, 0.1) is 11.6 Å². The lowest BCUT2D eigenvalue weighted by Crippen LogP contribution is -2.65. The molecule has 42 heavy (non-hydrogen) atoms. The molecule has 0 heterocycles. The van der Waals surface area contributed by atoms with Gasteiger partial charge < -0.3 is 42.1 Å². The van der Waals surface area contributed by atoms with Gasteiger partial charge in [0.15, 0.2) is 16.5 Å². The zero-order valence-electron chi connectivity index (χ0n) is 24.3. The van der Waals surface area contributed by atoms with E-state index in [2.05, 4.69) is 24.5 Å². The van der Waals surface area contributed by atoms with Crippen molar-refractivity contribution in [2.75, 3.05) is 39.6 Å². The lowest BCUT2D eigenvalue weighted by atomic mass is 9.57. The van der Waals surface area contributed by atoms with Crippen molar-refractivity contribution in [3.05, 3.63) is 40.2 Å². The fourth-order valence-electron chi connectivity index (χ4n) is 6.03. The molecule has 1 aromatic carbocycles. The lowest BCUT2D eigenvalue weighted by Gasteiger charge is -2.50. The van der Waals surface area contributed by atoms with E-state index in [-0.39, 0.29) is 42.1 Å². The lowest BCUT2D eigenvalue weighted by molar-refractivity contribution is -0.153. The minimum atomic E-state index is -2.63. The summed E-state index contributed by atoms with van der Waals surface area (Å²) < 4.78 is 0. The van der Waals surface area contributed by atoms with E-state index in [9.17, 15) is 34.8 Å². The van der Waals surface area contributed by atoms with Gasteiger partial charge in [-0.1, -0.05) is 13.3 Å². The molecule has 0 aliphatic heterocycles. The number of aliphatic hydroxyl groups is 3. The van der Waals surface area contributed by atoms with E-state index in [4.69, 9.17) is 11.5 Å². The van der Waals surface area contributed by atoms with Crippen LogP contribution in [0, 0.1) is 11.8 Å². The number of nitrogens with one attached hydrogen (secondary N) is 1. The minimum Gasteiger partial charge on any atom is -0.508 e. The van der Waals surface area contributed by atoms with Crippen LogP contribution in [0.2, 0.25) is 0 Å². The van der Waals surface area contributed by atoms with Crippen molar-refractivity contribution in [3.8, 4) is 5.75 Å². The summed E-state index contributed by atoms with van der Waals surface area (Å²) in [7, 11) is 6.75. The number of benzene rings is 1. The summed E-state index contributed by atoms with van der Waals surface area (Å²) in [5, 5.41) is 47.2. The van der Waals surface area contributed by atoms with Crippen LogP contribution in [0.5, 0.6) is 5.75 Å². The highest BCUT2D eigenvalue weighted by molar-refractivity contribution is 7.80. The SMILES string of the molecule is CCCCNC(N)=S.CN(C)c1ccc(O)c2c1C[C@H]1C[C@H]3[C@H](N(C)C)C(=O)C(C(N)=O)=C(O)[C@@]3(O)C(=O)C1=C2O.Cl. The van der Waals surface area contributed by atoms with E-state index >= 15 is 0 Å². The molecular formula is C28H40ClN5O7S. The molecule has 0 saturated heterocycles. The Kier molecular flexibility index (Phi) is 11.0. The third-order valence-corrected chi connectivity index (χ3v) is 8.04. The minimum absolute atomic E-state index is 0. The number of phenolic OH excluding ortho intramolecular Hbond substituents is 1. The summed E-state index contributed by atoms with van der Waals surface area (Å²) in [5.41, 5.74) is 8.30. The Morgan fingerprint density at radius 2 is 1.76 bits per heavy atom. The number of unbranched alkanes of at least 4 members (excludes halogenated alkanes) is 1. The second-order valence-electron chi connectivity index (χ2n) is 11.0. The van der Waals surface area contributed by atoms with Crippen molar-refractivity contribution in [2.45, 2.75) is 44.2 Å². The van der Waals surface area contributed by atoms with Gasteiger partial charge in [-0.3, -0.25) is 19.3 Å². The van der Waals surface area contributed by atoms with E-state index in [0.29, 0.717) is 10.7 Å². The fourth-order valence-corrected chi connectivity index (χ4v) is 6.14. The van der Waals surface area contributed by atoms with Crippen molar-refractivity contribution in [1.29, 1.82) is 0 Å². The number of carbonyl (C=O) groups is 3. The molecule has 0 bridgehead atoms. The largest absolute Gasteiger partial charge is 0.508 e. The highest BCUT2D eigenvalue weighted by atomic mass is 35.5. The van der Waals surface area contributed by atoms with Crippen LogP contribution < -0.4 is 21.7 Å². The van der Waals surface area contributed by atoms with E-state index in [0.717, 1.165) is 18.7 Å². The van der Waals surface area contributed by atoms with Crippen molar-refractivity contribution >= 4 is 58.7 Å². The number of nitrogens with two attached hydrogens (primary N) is 2. The topological polar surface area (TPSA) is 203 Å². The van der Waals surface area contributed by atoms with Gasteiger partial charge in [-0.15, -0.1) is 12.4 Å². The number of nitrogens with zero attached hydrogens (tertiary/aromatic N) is 2. The number of carbonyl (C=O) groups excluding carboxylic acids is 3. The van der Waals surface area contributed by atoms with Crippen molar-refractivity contribution in [2.24, 2.45) is 23.3 Å². The second-order valence-corrected chi connectivity index (χ2v) is 11.4. The molecule has 1 amide bonds. The van der Waals surface area contributed by atoms with Crippen LogP contribution in [-0.4, -0.2) is 94.3 Å². The van der Waals surface area contributed by atoms with Gasteiger partial charge in [0.25, 0.3) is 5.91 Å². The molecular weight excluding hydrogens is 586 g/mol. The zero-order chi connectivity index (χ0) is 31.0. The molecule has 0 radical (unpaired) electrons. The number of thiocarbonyl (C=S) groups is 1. The molecule has 232 valence electrons. The van der Waals surface area contributed by atoms with Crippen LogP contribution >= 0.6 is 24.6 Å². The molecule has 1 fully saturated rings. The predicted molar refractivity (Wildman–Crippen MR) is 166 cm³/mol. The zero-order valence-corrected chi connectivity index (χ0v) is 25.9. The van der Waals surface area contributed by atoms with Crippen molar-refractivity contribution in [1.82, 2.24) is 10.2 Å². The van der Waals surface area contributed by atoms with Crippen molar-refractivity contribution < 1.29 is 34.8 Å². The number of ketones is 2. The van der Waals surface area contributed by atoms with Gasteiger partial charge in [0.2, 0.25) is 5.78 Å². The Bertz CT molecular complexity index is 1350. The summed E-state index contributed by atoms with van der Waals surface area (Å²) in [6.07, 6.45) is 2.64. The number of primary amides is 1. The number of amides is 1.